The molecule has 0 bridgehead atoms. The lowest BCUT2D eigenvalue weighted by molar-refractivity contribution is 0.102. The molecule has 2 aliphatic heterocycles. The van der Waals surface area contributed by atoms with Crippen LogP contribution in [0, 0.1) is 6.92 Å². The number of amides is 1. The van der Waals surface area contributed by atoms with E-state index in [2.05, 4.69) is 51.4 Å². The van der Waals surface area contributed by atoms with Crippen LogP contribution in [-0.2, 0) is 4.74 Å². The smallest absolute Gasteiger partial charge is 0.274 e. The van der Waals surface area contributed by atoms with Gasteiger partial charge < -0.3 is 30.1 Å². The highest BCUT2D eigenvalue weighted by Gasteiger charge is 2.21. The Balaban J connectivity index is 1.43. The molecule has 0 aliphatic carbocycles. The highest BCUT2D eigenvalue weighted by molar-refractivity contribution is 6.08. The molecule has 3 aromatic rings. The van der Waals surface area contributed by atoms with E-state index in [0.29, 0.717) is 5.69 Å². The summed E-state index contributed by atoms with van der Waals surface area (Å²) in [6.45, 7) is 9.27. The predicted molar refractivity (Wildman–Crippen MR) is 143 cm³/mol. The first-order valence-electron chi connectivity index (χ1n) is 12.3. The van der Waals surface area contributed by atoms with Crippen molar-refractivity contribution in [3.05, 3.63) is 53.7 Å². The molecule has 5 rings (SSSR count). The summed E-state index contributed by atoms with van der Waals surface area (Å²) in [7, 11) is 4.04. The number of anilines is 4. The number of ether oxygens (including phenoxy) is 1. The first-order chi connectivity index (χ1) is 17.0. The van der Waals surface area contributed by atoms with E-state index < -0.39 is 0 Å². The van der Waals surface area contributed by atoms with Crippen molar-refractivity contribution in [2.45, 2.75) is 6.92 Å². The van der Waals surface area contributed by atoms with Crippen molar-refractivity contribution in [1.29, 1.82) is 0 Å². The summed E-state index contributed by atoms with van der Waals surface area (Å²) in [5.74, 6) is -0.215. The predicted octanol–water partition coefficient (Wildman–Crippen LogP) is 3.43. The summed E-state index contributed by atoms with van der Waals surface area (Å²) < 4.78 is 5.44. The number of likely N-dealkylation sites (N-methyl/N-ethyl adjacent to an activating group) is 1. The molecule has 0 atom stereocenters. The lowest BCUT2D eigenvalue weighted by Gasteiger charge is -2.34. The molecule has 0 spiro atoms. The fraction of sp³-hybridized carbons (Fsp3) is 0.407. The van der Waals surface area contributed by atoms with E-state index >= 15 is 0 Å². The number of morpholine rings is 1. The first-order valence-corrected chi connectivity index (χ1v) is 12.3. The summed E-state index contributed by atoms with van der Waals surface area (Å²) in [5, 5.41) is 7.34. The SMILES string of the molecule is CNc1cc(C(=O)Nc2ccc(N3CCOCC3)cc2)nc2c(N3CCN(C)CC3)cc(C)cc12. The van der Waals surface area contributed by atoms with Gasteiger partial charge in [0.1, 0.15) is 5.69 Å². The number of fused-ring (bicyclic) bond motifs is 1. The van der Waals surface area contributed by atoms with Crippen LogP contribution in [0.2, 0.25) is 0 Å². The van der Waals surface area contributed by atoms with Crippen LogP contribution in [0.1, 0.15) is 16.1 Å². The molecule has 2 N–H and O–H groups in total. The zero-order valence-corrected chi connectivity index (χ0v) is 20.8. The second-order valence-electron chi connectivity index (χ2n) is 9.38. The summed E-state index contributed by atoms with van der Waals surface area (Å²) >= 11 is 0. The van der Waals surface area contributed by atoms with Crippen molar-refractivity contribution in [3.8, 4) is 0 Å². The number of aromatic nitrogens is 1. The standard InChI is InChI=1S/C27H34N6O2/c1-19-16-22-23(28-2)18-24(30-26(22)25(17-19)33-10-8-31(3)9-11-33)27(34)29-20-4-6-21(7-5-20)32-12-14-35-15-13-32/h4-7,16-18H,8-15H2,1-3H3,(H,28,30)(H,29,34). The number of piperazine rings is 1. The van der Waals surface area contributed by atoms with Gasteiger partial charge >= 0.3 is 0 Å². The molecule has 2 aliphatic rings. The molecule has 3 heterocycles. The van der Waals surface area contributed by atoms with E-state index in [1.54, 1.807) is 0 Å². The largest absolute Gasteiger partial charge is 0.388 e. The molecule has 2 aromatic carbocycles. The number of aryl methyl sites for hydroxylation is 1. The molecule has 184 valence electrons. The molecular formula is C27H34N6O2. The Kier molecular flexibility index (Phi) is 6.74. The maximum Gasteiger partial charge on any atom is 0.274 e. The van der Waals surface area contributed by atoms with Crippen LogP contribution in [0.4, 0.5) is 22.7 Å². The minimum atomic E-state index is -0.215. The Bertz CT molecular complexity index is 1200. The van der Waals surface area contributed by atoms with Crippen molar-refractivity contribution >= 4 is 39.6 Å². The van der Waals surface area contributed by atoms with Gasteiger partial charge in [-0.2, -0.15) is 0 Å². The summed E-state index contributed by atoms with van der Waals surface area (Å²) in [6.07, 6.45) is 0. The minimum absolute atomic E-state index is 0.215. The third-order valence-corrected chi connectivity index (χ3v) is 6.88. The Morgan fingerprint density at radius 1 is 0.943 bits per heavy atom. The Morgan fingerprint density at radius 3 is 2.34 bits per heavy atom. The lowest BCUT2D eigenvalue weighted by atomic mass is 10.1. The van der Waals surface area contributed by atoms with E-state index in [0.717, 1.165) is 86.1 Å². The molecule has 1 aromatic heterocycles. The number of rotatable bonds is 5. The van der Waals surface area contributed by atoms with Gasteiger partial charge in [-0.05, 0) is 62.0 Å². The second-order valence-corrected chi connectivity index (χ2v) is 9.38. The first kappa shape index (κ1) is 23.4. The average Bonchev–Trinajstić information content (AvgIpc) is 2.89. The van der Waals surface area contributed by atoms with E-state index in [1.165, 1.54) is 5.56 Å². The molecule has 0 saturated carbocycles. The van der Waals surface area contributed by atoms with Gasteiger partial charge in [-0.15, -0.1) is 0 Å². The zero-order chi connectivity index (χ0) is 24.4. The van der Waals surface area contributed by atoms with Crippen LogP contribution in [0.3, 0.4) is 0 Å². The van der Waals surface area contributed by atoms with Crippen LogP contribution in [-0.4, -0.2) is 82.4 Å². The van der Waals surface area contributed by atoms with Crippen LogP contribution in [0.5, 0.6) is 0 Å². The number of benzene rings is 2. The second kappa shape index (κ2) is 10.1. The molecule has 35 heavy (non-hydrogen) atoms. The van der Waals surface area contributed by atoms with Gasteiger partial charge in [-0.3, -0.25) is 4.79 Å². The van der Waals surface area contributed by atoms with Crippen LogP contribution in [0.15, 0.2) is 42.5 Å². The number of pyridine rings is 1. The molecule has 1 amide bonds. The lowest BCUT2D eigenvalue weighted by Crippen LogP contribution is -2.44. The third kappa shape index (κ3) is 5.04. The van der Waals surface area contributed by atoms with Crippen LogP contribution < -0.4 is 20.4 Å². The maximum absolute atomic E-state index is 13.3. The van der Waals surface area contributed by atoms with Crippen LogP contribution >= 0.6 is 0 Å². The number of hydrogen-bond acceptors (Lipinski definition) is 7. The molecule has 8 heteroatoms. The molecule has 0 radical (unpaired) electrons. The van der Waals surface area contributed by atoms with Gasteiger partial charge in [0.15, 0.2) is 0 Å². The fourth-order valence-corrected chi connectivity index (χ4v) is 4.83. The van der Waals surface area contributed by atoms with Gasteiger partial charge in [0.05, 0.1) is 24.4 Å². The Morgan fingerprint density at radius 2 is 1.66 bits per heavy atom. The maximum atomic E-state index is 13.3. The fourth-order valence-electron chi connectivity index (χ4n) is 4.83. The van der Waals surface area contributed by atoms with Gasteiger partial charge in [0.2, 0.25) is 0 Å². The summed E-state index contributed by atoms with van der Waals surface area (Å²) in [6, 6.07) is 14.1. The molecule has 0 unspecified atom stereocenters. The van der Waals surface area contributed by atoms with Crippen molar-refractivity contribution < 1.29 is 9.53 Å². The highest BCUT2D eigenvalue weighted by atomic mass is 16.5. The monoisotopic (exact) mass is 474 g/mol. The van der Waals surface area contributed by atoms with Crippen molar-refractivity contribution in [2.24, 2.45) is 0 Å². The number of hydrogen-bond donors (Lipinski definition) is 2. The molecule has 2 saturated heterocycles. The molecule has 2 fully saturated rings. The van der Waals surface area contributed by atoms with Crippen LogP contribution in [0.25, 0.3) is 10.9 Å². The average molecular weight is 475 g/mol. The molecule has 8 nitrogen and oxygen atoms in total. The van der Waals surface area contributed by atoms with Crippen molar-refractivity contribution in [1.82, 2.24) is 9.88 Å². The van der Waals surface area contributed by atoms with Gasteiger partial charge in [0, 0.05) is 68.8 Å². The minimum Gasteiger partial charge on any atom is -0.388 e. The summed E-state index contributed by atoms with van der Waals surface area (Å²) in [5.41, 5.74) is 6.33. The third-order valence-electron chi connectivity index (χ3n) is 6.88. The van der Waals surface area contributed by atoms with Crippen molar-refractivity contribution in [2.75, 3.05) is 87.0 Å². The molecular weight excluding hydrogens is 440 g/mol. The topological polar surface area (TPSA) is 73.0 Å². The van der Waals surface area contributed by atoms with E-state index in [9.17, 15) is 4.79 Å². The Hall–Kier alpha value is -3.36. The zero-order valence-electron chi connectivity index (χ0n) is 20.8. The van der Waals surface area contributed by atoms with Gasteiger partial charge in [-0.25, -0.2) is 4.98 Å². The number of nitrogens with zero attached hydrogens (tertiary/aromatic N) is 4. The van der Waals surface area contributed by atoms with E-state index in [-0.39, 0.29) is 5.91 Å². The quantitative estimate of drug-likeness (QED) is 0.587. The highest BCUT2D eigenvalue weighted by Crippen LogP contribution is 2.33. The summed E-state index contributed by atoms with van der Waals surface area (Å²) in [4.78, 5) is 25.2. The van der Waals surface area contributed by atoms with Gasteiger partial charge in [-0.1, -0.05) is 0 Å². The number of nitrogens with one attached hydrogen (secondary N) is 2. The van der Waals surface area contributed by atoms with E-state index in [4.69, 9.17) is 9.72 Å². The van der Waals surface area contributed by atoms with Gasteiger partial charge in [0.25, 0.3) is 5.91 Å². The van der Waals surface area contributed by atoms with Crippen molar-refractivity contribution in [3.63, 3.8) is 0 Å². The normalized spacial score (nSPS) is 17.0. The Labute approximate surface area is 206 Å². The van der Waals surface area contributed by atoms with E-state index in [1.807, 2.05) is 37.4 Å². The number of carbonyl (C=O) groups excluding carboxylic acids is 1. The number of carbonyl (C=O) groups is 1.